The van der Waals surface area contributed by atoms with Crippen LogP contribution < -0.4 is 5.32 Å². The van der Waals surface area contributed by atoms with Crippen molar-refractivity contribution in [1.82, 2.24) is 5.32 Å². The fraction of sp³-hybridized carbons (Fsp3) is 0.875. The maximum atomic E-state index is 12.4. The average molecular weight is 229 g/mol. The van der Waals surface area contributed by atoms with Gasteiger partial charge < -0.3 is 9.84 Å². The normalized spacial score (nSPS) is 16.1. The van der Waals surface area contributed by atoms with Crippen molar-refractivity contribution >= 4 is 5.97 Å². The molecule has 1 unspecified atom stereocenters. The largest absolute Gasteiger partial charge is 0.480 e. The Labute approximate surface area is 85.4 Å². The molecule has 0 saturated heterocycles. The van der Waals surface area contributed by atoms with Crippen LogP contribution >= 0.6 is 0 Å². The van der Waals surface area contributed by atoms with Crippen LogP contribution in [0.1, 0.15) is 13.8 Å². The number of carboxylic acid groups (broad SMARTS) is 1. The zero-order valence-corrected chi connectivity index (χ0v) is 8.52. The van der Waals surface area contributed by atoms with Gasteiger partial charge in [-0.3, -0.25) is 5.32 Å². The van der Waals surface area contributed by atoms with E-state index >= 15 is 0 Å². The van der Waals surface area contributed by atoms with E-state index in [0.29, 0.717) is 13.5 Å². The van der Waals surface area contributed by atoms with Gasteiger partial charge in [-0.15, -0.1) is 0 Å². The number of alkyl halides is 3. The molecular formula is C8H14F3NO3. The Morgan fingerprint density at radius 1 is 1.47 bits per heavy atom. The molecule has 0 aliphatic heterocycles. The summed E-state index contributed by atoms with van der Waals surface area (Å²) in [5.41, 5.74) is -2.93. The molecule has 15 heavy (non-hydrogen) atoms. The quantitative estimate of drug-likeness (QED) is 0.667. The molecule has 0 aromatic heterocycles. The highest BCUT2D eigenvalue weighted by Gasteiger charge is 2.56. The van der Waals surface area contributed by atoms with Crippen LogP contribution in [-0.4, -0.2) is 42.5 Å². The first-order chi connectivity index (χ1) is 6.75. The summed E-state index contributed by atoms with van der Waals surface area (Å²) in [5, 5.41) is 10.4. The Bertz CT molecular complexity index is 220. The number of carbonyl (C=O) groups is 1. The Kier molecular flexibility index (Phi) is 5.02. The first-order valence-corrected chi connectivity index (χ1v) is 4.38. The summed E-state index contributed by atoms with van der Waals surface area (Å²) in [6.07, 6.45) is -4.84. The van der Waals surface area contributed by atoms with E-state index in [-0.39, 0.29) is 13.2 Å². The Morgan fingerprint density at radius 2 is 2.00 bits per heavy atom. The molecule has 0 saturated carbocycles. The Balaban J connectivity index is 4.35. The number of rotatable bonds is 6. The fourth-order valence-corrected chi connectivity index (χ4v) is 0.815. The maximum Gasteiger partial charge on any atom is 0.417 e. The Morgan fingerprint density at radius 3 is 2.33 bits per heavy atom. The van der Waals surface area contributed by atoms with Crippen LogP contribution in [0.2, 0.25) is 0 Å². The van der Waals surface area contributed by atoms with Gasteiger partial charge in [0, 0.05) is 13.2 Å². The number of halogens is 3. The first kappa shape index (κ1) is 14.2. The van der Waals surface area contributed by atoms with Crippen molar-refractivity contribution in [1.29, 1.82) is 0 Å². The van der Waals surface area contributed by atoms with Crippen LogP contribution in [0.15, 0.2) is 0 Å². The number of hydrogen-bond acceptors (Lipinski definition) is 3. The summed E-state index contributed by atoms with van der Waals surface area (Å²) in [6, 6.07) is 0. The summed E-state index contributed by atoms with van der Waals surface area (Å²) in [7, 11) is 0. The SMILES string of the molecule is CCOCCNC(C)(C(=O)O)C(F)(F)F. The molecule has 0 spiro atoms. The van der Waals surface area contributed by atoms with Gasteiger partial charge in [0.15, 0.2) is 0 Å². The second-order valence-electron chi connectivity index (χ2n) is 3.05. The van der Waals surface area contributed by atoms with Gasteiger partial charge in [0.2, 0.25) is 5.54 Å². The van der Waals surface area contributed by atoms with Crippen molar-refractivity contribution in [2.45, 2.75) is 25.6 Å². The lowest BCUT2D eigenvalue weighted by atomic mass is 10.0. The standard InChI is InChI=1S/C8H14F3NO3/c1-3-15-5-4-12-7(2,6(13)14)8(9,10)11/h12H,3-5H2,1-2H3,(H,13,14). The minimum atomic E-state index is -4.84. The zero-order chi connectivity index (χ0) is 12.1. The van der Waals surface area contributed by atoms with Gasteiger partial charge in [-0.2, -0.15) is 13.2 Å². The van der Waals surface area contributed by atoms with Crippen LogP contribution in [-0.2, 0) is 9.53 Å². The smallest absolute Gasteiger partial charge is 0.417 e. The minimum absolute atomic E-state index is 0.0372. The van der Waals surface area contributed by atoms with Crippen molar-refractivity contribution in [3.8, 4) is 0 Å². The third-order valence-corrected chi connectivity index (χ3v) is 1.92. The van der Waals surface area contributed by atoms with Gasteiger partial charge in [-0.05, 0) is 13.8 Å². The van der Waals surface area contributed by atoms with Gasteiger partial charge in [-0.25, -0.2) is 4.79 Å². The molecule has 0 aromatic carbocycles. The van der Waals surface area contributed by atoms with E-state index in [1.54, 1.807) is 6.92 Å². The van der Waals surface area contributed by atoms with Gasteiger partial charge in [0.05, 0.1) is 6.61 Å². The lowest BCUT2D eigenvalue weighted by molar-refractivity contribution is -0.206. The van der Waals surface area contributed by atoms with Gasteiger partial charge in [0.1, 0.15) is 0 Å². The van der Waals surface area contributed by atoms with E-state index in [9.17, 15) is 18.0 Å². The van der Waals surface area contributed by atoms with E-state index in [4.69, 9.17) is 9.84 Å². The van der Waals surface area contributed by atoms with Crippen molar-refractivity contribution in [3.63, 3.8) is 0 Å². The van der Waals surface area contributed by atoms with Crippen LogP contribution in [0.5, 0.6) is 0 Å². The number of ether oxygens (including phenoxy) is 1. The number of hydrogen-bond donors (Lipinski definition) is 2. The molecule has 1 atom stereocenters. The predicted octanol–water partition coefficient (Wildman–Crippen LogP) is 1.02. The third-order valence-electron chi connectivity index (χ3n) is 1.92. The summed E-state index contributed by atoms with van der Waals surface area (Å²) < 4.78 is 41.9. The van der Waals surface area contributed by atoms with Crippen molar-refractivity contribution < 1.29 is 27.8 Å². The second kappa shape index (κ2) is 5.32. The molecule has 0 aromatic rings. The molecule has 0 fully saturated rings. The number of nitrogens with one attached hydrogen (secondary N) is 1. The summed E-state index contributed by atoms with van der Waals surface area (Å²) in [4.78, 5) is 10.5. The lowest BCUT2D eigenvalue weighted by Crippen LogP contribution is -2.60. The first-order valence-electron chi connectivity index (χ1n) is 4.38. The molecule has 7 heteroatoms. The summed E-state index contributed by atoms with van der Waals surface area (Å²) in [6.45, 7) is 2.52. The van der Waals surface area contributed by atoms with E-state index < -0.39 is 17.7 Å². The van der Waals surface area contributed by atoms with E-state index in [1.807, 2.05) is 5.32 Å². The number of carboxylic acids is 1. The third kappa shape index (κ3) is 3.67. The molecule has 0 heterocycles. The molecule has 2 N–H and O–H groups in total. The van der Waals surface area contributed by atoms with Crippen LogP contribution in [0.4, 0.5) is 13.2 Å². The molecule has 0 amide bonds. The zero-order valence-electron chi connectivity index (χ0n) is 8.52. The van der Waals surface area contributed by atoms with Gasteiger partial charge in [-0.1, -0.05) is 0 Å². The van der Waals surface area contributed by atoms with Crippen molar-refractivity contribution in [2.75, 3.05) is 19.8 Å². The minimum Gasteiger partial charge on any atom is -0.480 e. The molecular weight excluding hydrogens is 215 g/mol. The fourth-order valence-electron chi connectivity index (χ4n) is 0.815. The molecule has 0 aliphatic carbocycles. The predicted molar refractivity (Wildman–Crippen MR) is 46.6 cm³/mol. The van der Waals surface area contributed by atoms with Crippen LogP contribution in [0, 0.1) is 0 Å². The number of aliphatic carboxylic acids is 1. The second-order valence-corrected chi connectivity index (χ2v) is 3.05. The summed E-state index contributed by atoms with van der Waals surface area (Å²) >= 11 is 0. The van der Waals surface area contributed by atoms with Gasteiger partial charge >= 0.3 is 12.1 Å². The molecule has 90 valence electrons. The monoisotopic (exact) mass is 229 g/mol. The van der Waals surface area contributed by atoms with Crippen molar-refractivity contribution in [2.24, 2.45) is 0 Å². The molecule has 0 aliphatic rings. The summed E-state index contributed by atoms with van der Waals surface area (Å²) in [5.74, 6) is -1.95. The van der Waals surface area contributed by atoms with Crippen molar-refractivity contribution in [3.05, 3.63) is 0 Å². The lowest BCUT2D eigenvalue weighted by Gasteiger charge is -2.28. The highest BCUT2D eigenvalue weighted by atomic mass is 19.4. The van der Waals surface area contributed by atoms with E-state index in [2.05, 4.69) is 0 Å². The average Bonchev–Trinajstić information content (AvgIpc) is 2.09. The van der Waals surface area contributed by atoms with E-state index in [1.165, 1.54) is 0 Å². The highest BCUT2D eigenvalue weighted by molar-refractivity contribution is 5.79. The maximum absolute atomic E-state index is 12.4. The molecule has 0 radical (unpaired) electrons. The molecule has 0 rings (SSSR count). The molecule has 4 nitrogen and oxygen atoms in total. The topological polar surface area (TPSA) is 58.6 Å². The van der Waals surface area contributed by atoms with Crippen LogP contribution in [0.3, 0.4) is 0 Å². The molecule has 0 bridgehead atoms. The van der Waals surface area contributed by atoms with Crippen LogP contribution in [0.25, 0.3) is 0 Å². The van der Waals surface area contributed by atoms with Gasteiger partial charge in [0.25, 0.3) is 0 Å². The van der Waals surface area contributed by atoms with E-state index in [0.717, 1.165) is 0 Å². The highest BCUT2D eigenvalue weighted by Crippen LogP contribution is 2.30. The Hall–Kier alpha value is -0.820.